The SMILES string of the molecule is Cc1cnc(C(C)NCC(=O)NC(C)C(C)C)o1. The van der Waals surface area contributed by atoms with Gasteiger partial charge in [0.25, 0.3) is 0 Å². The van der Waals surface area contributed by atoms with Crippen molar-refractivity contribution in [2.75, 3.05) is 6.54 Å². The molecule has 2 atom stereocenters. The predicted octanol–water partition coefficient (Wildman–Crippen LogP) is 1.79. The summed E-state index contributed by atoms with van der Waals surface area (Å²) in [5.74, 6) is 1.81. The third kappa shape index (κ3) is 4.49. The standard InChI is InChI=1S/C13H23N3O2/c1-8(2)10(4)16-12(17)7-14-11(5)13-15-6-9(3)18-13/h6,8,10-11,14H,7H2,1-5H3,(H,16,17). The van der Waals surface area contributed by atoms with Gasteiger partial charge < -0.3 is 9.73 Å². The minimum Gasteiger partial charge on any atom is -0.444 e. The van der Waals surface area contributed by atoms with Crippen LogP contribution in [0.5, 0.6) is 0 Å². The summed E-state index contributed by atoms with van der Waals surface area (Å²) in [5.41, 5.74) is 0. The van der Waals surface area contributed by atoms with E-state index in [1.165, 1.54) is 0 Å². The molecule has 0 spiro atoms. The molecule has 0 saturated heterocycles. The molecule has 0 aliphatic carbocycles. The fourth-order valence-corrected chi connectivity index (χ4v) is 1.38. The van der Waals surface area contributed by atoms with E-state index in [0.29, 0.717) is 11.8 Å². The molecule has 102 valence electrons. The number of aromatic nitrogens is 1. The van der Waals surface area contributed by atoms with E-state index < -0.39 is 0 Å². The summed E-state index contributed by atoms with van der Waals surface area (Å²) in [5, 5.41) is 6.03. The highest BCUT2D eigenvalue weighted by Crippen LogP contribution is 2.11. The van der Waals surface area contributed by atoms with E-state index in [9.17, 15) is 4.79 Å². The van der Waals surface area contributed by atoms with Crippen LogP contribution < -0.4 is 10.6 Å². The van der Waals surface area contributed by atoms with Crippen LogP contribution in [0.15, 0.2) is 10.6 Å². The zero-order valence-electron chi connectivity index (χ0n) is 11.8. The van der Waals surface area contributed by atoms with Crippen molar-refractivity contribution in [3.05, 3.63) is 17.8 Å². The molecule has 5 nitrogen and oxygen atoms in total. The molecule has 0 saturated carbocycles. The number of nitrogens with zero attached hydrogens (tertiary/aromatic N) is 1. The first-order valence-electron chi connectivity index (χ1n) is 6.35. The Bertz CT molecular complexity index is 387. The predicted molar refractivity (Wildman–Crippen MR) is 70.1 cm³/mol. The largest absolute Gasteiger partial charge is 0.444 e. The molecule has 1 heterocycles. The van der Waals surface area contributed by atoms with Gasteiger partial charge >= 0.3 is 0 Å². The van der Waals surface area contributed by atoms with Gasteiger partial charge in [-0.1, -0.05) is 13.8 Å². The van der Waals surface area contributed by atoms with Gasteiger partial charge in [0, 0.05) is 6.04 Å². The number of hydrogen-bond acceptors (Lipinski definition) is 4. The van der Waals surface area contributed by atoms with Gasteiger partial charge in [-0.05, 0) is 26.7 Å². The van der Waals surface area contributed by atoms with E-state index in [0.717, 1.165) is 5.76 Å². The number of amides is 1. The second-order valence-corrected chi connectivity index (χ2v) is 5.01. The molecule has 0 radical (unpaired) electrons. The van der Waals surface area contributed by atoms with E-state index in [2.05, 4.69) is 29.5 Å². The van der Waals surface area contributed by atoms with Crippen molar-refractivity contribution in [2.24, 2.45) is 5.92 Å². The monoisotopic (exact) mass is 253 g/mol. The van der Waals surface area contributed by atoms with Crippen LogP contribution in [0.1, 0.15) is 45.4 Å². The molecular weight excluding hydrogens is 230 g/mol. The highest BCUT2D eigenvalue weighted by molar-refractivity contribution is 5.78. The summed E-state index contributed by atoms with van der Waals surface area (Å²) < 4.78 is 5.39. The Labute approximate surface area is 108 Å². The smallest absolute Gasteiger partial charge is 0.234 e. The summed E-state index contributed by atoms with van der Waals surface area (Å²) in [6.07, 6.45) is 1.68. The topological polar surface area (TPSA) is 67.2 Å². The van der Waals surface area contributed by atoms with Crippen LogP contribution in [0.4, 0.5) is 0 Å². The minimum atomic E-state index is -0.0705. The van der Waals surface area contributed by atoms with Crippen LogP contribution in [0, 0.1) is 12.8 Å². The van der Waals surface area contributed by atoms with Crippen molar-refractivity contribution in [1.82, 2.24) is 15.6 Å². The Morgan fingerprint density at radius 2 is 2.06 bits per heavy atom. The zero-order valence-corrected chi connectivity index (χ0v) is 11.8. The summed E-state index contributed by atoms with van der Waals surface area (Å²) in [6.45, 7) is 10.2. The summed E-state index contributed by atoms with van der Waals surface area (Å²) in [4.78, 5) is 15.8. The second kappa shape index (κ2) is 6.54. The van der Waals surface area contributed by atoms with Gasteiger partial charge in [-0.3, -0.25) is 10.1 Å². The van der Waals surface area contributed by atoms with Gasteiger partial charge in [-0.15, -0.1) is 0 Å². The average molecular weight is 253 g/mol. The van der Waals surface area contributed by atoms with E-state index in [1.807, 2.05) is 20.8 Å². The Kier molecular flexibility index (Phi) is 5.34. The fourth-order valence-electron chi connectivity index (χ4n) is 1.38. The molecule has 0 bridgehead atoms. The van der Waals surface area contributed by atoms with Crippen molar-refractivity contribution in [2.45, 2.75) is 46.7 Å². The number of carbonyl (C=O) groups is 1. The Balaban J connectivity index is 2.34. The maximum Gasteiger partial charge on any atom is 0.234 e. The number of aryl methyl sites for hydroxylation is 1. The first-order valence-corrected chi connectivity index (χ1v) is 6.35. The average Bonchev–Trinajstić information content (AvgIpc) is 2.72. The number of nitrogens with one attached hydrogen (secondary N) is 2. The van der Waals surface area contributed by atoms with Crippen molar-refractivity contribution < 1.29 is 9.21 Å². The van der Waals surface area contributed by atoms with Crippen LogP contribution in [-0.4, -0.2) is 23.5 Å². The first-order chi connectivity index (χ1) is 8.40. The molecule has 1 rings (SSSR count). The lowest BCUT2D eigenvalue weighted by Crippen LogP contribution is -2.41. The quantitative estimate of drug-likeness (QED) is 0.811. The molecule has 0 aliphatic heterocycles. The highest BCUT2D eigenvalue weighted by Gasteiger charge is 2.14. The van der Waals surface area contributed by atoms with E-state index in [-0.39, 0.29) is 24.5 Å². The third-order valence-electron chi connectivity index (χ3n) is 2.97. The lowest BCUT2D eigenvalue weighted by molar-refractivity contribution is -0.121. The lowest BCUT2D eigenvalue weighted by atomic mass is 10.1. The van der Waals surface area contributed by atoms with Crippen molar-refractivity contribution >= 4 is 5.91 Å². The van der Waals surface area contributed by atoms with Crippen LogP contribution in [0.25, 0.3) is 0 Å². The highest BCUT2D eigenvalue weighted by atomic mass is 16.4. The fraction of sp³-hybridized carbons (Fsp3) is 0.692. The molecule has 1 amide bonds. The maximum atomic E-state index is 11.7. The Hall–Kier alpha value is -1.36. The number of rotatable bonds is 6. The van der Waals surface area contributed by atoms with E-state index in [4.69, 9.17) is 4.42 Å². The lowest BCUT2D eigenvalue weighted by Gasteiger charge is -2.18. The molecule has 2 N–H and O–H groups in total. The van der Waals surface area contributed by atoms with Gasteiger partial charge in [-0.25, -0.2) is 4.98 Å². The van der Waals surface area contributed by atoms with Crippen LogP contribution >= 0.6 is 0 Å². The number of oxazole rings is 1. The maximum absolute atomic E-state index is 11.7. The molecule has 1 aromatic rings. The molecule has 18 heavy (non-hydrogen) atoms. The van der Waals surface area contributed by atoms with Crippen LogP contribution in [0.2, 0.25) is 0 Å². The van der Waals surface area contributed by atoms with E-state index >= 15 is 0 Å². The molecule has 2 unspecified atom stereocenters. The number of carbonyl (C=O) groups excluding carboxylic acids is 1. The molecule has 0 aromatic carbocycles. The normalized spacial score (nSPS) is 14.6. The molecule has 0 fully saturated rings. The van der Waals surface area contributed by atoms with Gasteiger partial charge in [0.05, 0.1) is 18.8 Å². The zero-order chi connectivity index (χ0) is 13.7. The third-order valence-corrected chi connectivity index (χ3v) is 2.97. The summed E-state index contributed by atoms with van der Waals surface area (Å²) >= 11 is 0. The molecular formula is C13H23N3O2. The number of hydrogen-bond donors (Lipinski definition) is 2. The van der Waals surface area contributed by atoms with Gasteiger partial charge in [0.15, 0.2) is 0 Å². The van der Waals surface area contributed by atoms with Gasteiger partial charge in [0.2, 0.25) is 11.8 Å². The van der Waals surface area contributed by atoms with E-state index in [1.54, 1.807) is 6.20 Å². The second-order valence-electron chi connectivity index (χ2n) is 5.01. The molecule has 1 aromatic heterocycles. The molecule has 5 heteroatoms. The first kappa shape index (κ1) is 14.7. The summed E-state index contributed by atoms with van der Waals surface area (Å²) in [6, 6.07) is 0.109. The van der Waals surface area contributed by atoms with Crippen LogP contribution in [0.3, 0.4) is 0 Å². The Morgan fingerprint density at radius 3 is 2.56 bits per heavy atom. The summed E-state index contributed by atoms with van der Waals surface area (Å²) in [7, 11) is 0. The Morgan fingerprint density at radius 1 is 1.39 bits per heavy atom. The minimum absolute atomic E-state index is 0.00803. The van der Waals surface area contributed by atoms with Crippen molar-refractivity contribution in [3.8, 4) is 0 Å². The van der Waals surface area contributed by atoms with Gasteiger partial charge in [0.1, 0.15) is 5.76 Å². The van der Waals surface area contributed by atoms with Gasteiger partial charge in [-0.2, -0.15) is 0 Å². The molecule has 0 aliphatic rings. The van der Waals surface area contributed by atoms with Crippen molar-refractivity contribution in [3.63, 3.8) is 0 Å². The van der Waals surface area contributed by atoms with Crippen LogP contribution in [-0.2, 0) is 4.79 Å². The van der Waals surface area contributed by atoms with Crippen molar-refractivity contribution in [1.29, 1.82) is 0 Å².